The second-order valence-corrected chi connectivity index (χ2v) is 5.08. The molecule has 24 heavy (non-hydrogen) atoms. The number of nitrogens with two attached hydrogens (primary N) is 4. The lowest BCUT2D eigenvalue weighted by Gasteiger charge is -2.13. The fraction of sp³-hybridized carbons (Fsp3) is 0.615. The van der Waals surface area contributed by atoms with Gasteiger partial charge in [0.15, 0.2) is 0 Å². The van der Waals surface area contributed by atoms with Crippen LogP contribution in [0.3, 0.4) is 0 Å². The maximum Gasteiger partial charge on any atom is 0.330 e. The van der Waals surface area contributed by atoms with E-state index >= 15 is 0 Å². The van der Waals surface area contributed by atoms with Crippen LogP contribution in [0.4, 0.5) is 0 Å². The molecule has 0 unspecified atom stereocenters. The molecule has 0 aromatic carbocycles. The van der Waals surface area contributed by atoms with Gasteiger partial charge < -0.3 is 32.4 Å². The molecular weight excluding hydrogens is 324 g/mol. The van der Waals surface area contributed by atoms with Crippen molar-refractivity contribution in [3.63, 3.8) is 0 Å². The molecule has 11 heteroatoms. The van der Waals surface area contributed by atoms with E-state index in [1.807, 2.05) is 0 Å². The van der Waals surface area contributed by atoms with Crippen LogP contribution >= 0.6 is 0 Å². The van der Waals surface area contributed by atoms with Gasteiger partial charge in [0.2, 0.25) is 5.91 Å². The first-order valence-corrected chi connectivity index (χ1v) is 7.09. The van der Waals surface area contributed by atoms with Gasteiger partial charge in [0.1, 0.15) is 18.1 Å². The molecule has 0 saturated heterocycles. The van der Waals surface area contributed by atoms with Crippen LogP contribution in [0, 0.1) is 0 Å². The lowest BCUT2D eigenvalue weighted by atomic mass is 10.1. The fourth-order valence-corrected chi connectivity index (χ4v) is 1.31. The van der Waals surface area contributed by atoms with Gasteiger partial charge in [0.25, 0.3) is 0 Å². The van der Waals surface area contributed by atoms with Gasteiger partial charge in [-0.1, -0.05) is 0 Å². The average molecular weight is 346 g/mol. The molecule has 1 amide bonds. The number of carbonyl (C=O) groups is 5. The van der Waals surface area contributed by atoms with Gasteiger partial charge in [-0.15, -0.1) is 0 Å². The smallest absolute Gasteiger partial charge is 0.330 e. The predicted octanol–water partition coefficient (Wildman–Crippen LogP) is -2.83. The lowest BCUT2D eigenvalue weighted by molar-refractivity contribution is -0.161. The van der Waals surface area contributed by atoms with Crippen LogP contribution < -0.4 is 22.9 Å². The maximum absolute atomic E-state index is 11.6. The van der Waals surface area contributed by atoms with E-state index < -0.39 is 47.9 Å². The first-order chi connectivity index (χ1) is 11.0. The molecule has 11 nitrogen and oxygen atoms in total. The van der Waals surface area contributed by atoms with Crippen LogP contribution in [0.2, 0.25) is 0 Å². The summed E-state index contributed by atoms with van der Waals surface area (Å²) in [5, 5.41) is 0. The molecule has 0 aliphatic carbocycles. The highest BCUT2D eigenvalue weighted by Gasteiger charge is 2.24. The van der Waals surface area contributed by atoms with Crippen molar-refractivity contribution >= 4 is 29.8 Å². The molecule has 0 heterocycles. The van der Waals surface area contributed by atoms with Crippen molar-refractivity contribution < 1.29 is 33.4 Å². The Balaban J connectivity index is 4.23. The summed E-state index contributed by atoms with van der Waals surface area (Å²) in [4.78, 5) is 56.1. The van der Waals surface area contributed by atoms with Gasteiger partial charge in [0, 0.05) is 12.8 Å². The van der Waals surface area contributed by atoms with Gasteiger partial charge >= 0.3 is 23.9 Å². The summed E-state index contributed by atoms with van der Waals surface area (Å²) >= 11 is 0. The van der Waals surface area contributed by atoms with Crippen LogP contribution in [-0.2, 0) is 33.4 Å². The molecule has 0 aliphatic rings. The monoisotopic (exact) mass is 346 g/mol. The third-order valence-corrected chi connectivity index (χ3v) is 2.75. The second kappa shape index (κ2) is 10.4. The number of hydrogen-bond donors (Lipinski definition) is 4. The Bertz CT molecular complexity index is 507. The zero-order chi connectivity index (χ0) is 18.9. The SMILES string of the molecule is C[C@H](N)C(=O)OC(=O)CC[C@H](N)C(=O)OC(=O)[C@@H](N)CCC(N)=O. The van der Waals surface area contributed by atoms with E-state index in [0.29, 0.717) is 0 Å². The Kier molecular flexibility index (Phi) is 9.38. The van der Waals surface area contributed by atoms with Crippen LogP contribution in [0.25, 0.3) is 0 Å². The first kappa shape index (κ1) is 21.6. The van der Waals surface area contributed by atoms with Crippen molar-refractivity contribution in [2.24, 2.45) is 22.9 Å². The van der Waals surface area contributed by atoms with E-state index in [2.05, 4.69) is 9.47 Å². The largest absolute Gasteiger partial charge is 0.392 e. The Morgan fingerprint density at radius 2 is 1.25 bits per heavy atom. The predicted molar refractivity (Wildman–Crippen MR) is 79.5 cm³/mol. The van der Waals surface area contributed by atoms with Crippen molar-refractivity contribution in [3.8, 4) is 0 Å². The molecule has 0 spiro atoms. The van der Waals surface area contributed by atoms with Gasteiger partial charge in [-0.25, -0.2) is 14.4 Å². The summed E-state index contributed by atoms with van der Waals surface area (Å²) in [5.41, 5.74) is 21.0. The topological polar surface area (TPSA) is 208 Å². The van der Waals surface area contributed by atoms with Crippen LogP contribution in [0.1, 0.15) is 32.6 Å². The van der Waals surface area contributed by atoms with Crippen molar-refractivity contribution in [2.45, 2.75) is 50.7 Å². The van der Waals surface area contributed by atoms with E-state index in [-0.39, 0.29) is 25.7 Å². The standard InChI is InChI=1S/C13H22N4O7/c1-6(14)11(20)23-10(19)5-3-8(16)13(22)24-12(21)7(15)2-4-9(17)18/h6-8H,2-5,14-16H2,1H3,(H2,17,18)/t6-,7-,8-/m0/s1. The van der Waals surface area contributed by atoms with E-state index in [1.54, 1.807) is 0 Å². The molecular formula is C13H22N4O7. The number of ether oxygens (including phenoxy) is 2. The van der Waals surface area contributed by atoms with E-state index in [4.69, 9.17) is 22.9 Å². The molecule has 0 bridgehead atoms. The minimum absolute atomic E-state index is 0.0810. The summed E-state index contributed by atoms with van der Waals surface area (Å²) in [6.45, 7) is 1.34. The van der Waals surface area contributed by atoms with Gasteiger partial charge in [-0.05, 0) is 19.8 Å². The molecule has 0 rings (SSSR count). The molecule has 0 fully saturated rings. The molecule has 8 N–H and O–H groups in total. The third-order valence-electron chi connectivity index (χ3n) is 2.75. The quantitative estimate of drug-likeness (QED) is 0.248. The van der Waals surface area contributed by atoms with Crippen LogP contribution in [0.15, 0.2) is 0 Å². The molecule has 0 aromatic rings. The minimum atomic E-state index is -1.30. The molecule has 0 aromatic heterocycles. The second-order valence-electron chi connectivity index (χ2n) is 5.08. The number of primary amides is 1. The summed E-state index contributed by atoms with van der Waals surface area (Å²) in [5.74, 6) is -4.63. The van der Waals surface area contributed by atoms with Crippen molar-refractivity contribution in [3.05, 3.63) is 0 Å². The Morgan fingerprint density at radius 3 is 1.67 bits per heavy atom. The molecule has 0 aliphatic heterocycles. The molecule has 3 atom stereocenters. The summed E-state index contributed by atoms with van der Waals surface area (Å²) in [7, 11) is 0. The molecule has 0 saturated carbocycles. The van der Waals surface area contributed by atoms with E-state index in [9.17, 15) is 24.0 Å². The maximum atomic E-state index is 11.6. The van der Waals surface area contributed by atoms with E-state index in [1.165, 1.54) is 6.92 Å². The summed E-state index contributed by atoms with van der Waals surface area (Å²) in [6, 6.07) is -3.47. The number of hydrogen-bond acceptors (Lipinski definition) is 10. The Morgan fingerprint density at radius 1 is 0.792 bits per heavy atom. The highest BCUT2D eigenvalue weighted by atomic mass is 16.6. The Hall–Kier alpha value is -2.37. The zero-order valence-electron chi connectivity index (χ0n) is 13.2. The van der Waals surface area contributed by atoms with Crippen molar-refractivity contribution in [1.82, 2.24) is 0 Å². The highest BCUT2D eigenvalue weighted by Crippen LogP contribution is 2.03. The molecule has 0 radical (unpaired) electrons. The number of amides is 1. The van der Waals surface area contributed by atoms with Gasteiger partial charge in [-0.2, -0.15) is 0 Å². The number of rotatable bonds is 9. The Labute approximate surface area is 138 Å². The van der Waals surface area contributed by atoms with Crippen LogP contribution in [0.5, 0.6) is 0 Å². The van der Waals surface area contributed by atoms with Gasteiger partial charge in [0.05, 0.1) is 0 Å². The summed E-state index contributed by atoms with van der Waals surface area (Å²) < 4.78 is 8.81. The van der Waals surface area contributed by atoms with Crippen LogP contribution in [-0.4, -0.2) is 47.9 Å². The third kappa shape index (κ3) is 8.92. The highest BCUT2D eigenvalue weighted by molar-refractivity contribution is 5.91. The first-order valence-electron chi connectivity index (χ1n) is 7.09. The minimum Gasteiger partial charge on any atom is -0.392 e. The van der Waals surface area contributed by atoms with Crippen molar-refractivity contribution in [2.75, 3.05) is 0 Å². The summed E-state index contributed by atoms with van der Waals surface area (Å²) in [6.07, 6.45) is -0.789. The van der Waals surface area contributed by atoms with E-state index in [0.717, 1.165) is 0 Å². The van der Waals surface area contributed by atoms with Gasteiger partial charge in [-0.3, -0.25) is 9.59 Å². The average Bonchev–Trinajstić information content (AvgIpc) is 2.49. The normalized spacial score (nSPS) is 14.2. The molecule has 136 valence electrons. The van der Waals surface area contributed by atoms with Crippen molar-refractivity contribution in [1.29, 1.82) is 0 Å². The number of carbonyl (C=O) groups excluding carboxylic acids is 5. The zero-order valence-corrected chi connectivity index (χ0v) is 13.2. The number of esters is 4. The fourth-order valence-electron chi connectivity index (χ4n) is 1.31. The lowest BCUT2D eigenvalue weighted by Crippen LogP contribution is -2.40.